The van der Waals surface area contributed by atoms with Gasteiger partial charge in [-0.2, -0.15) is 4.99 Å². The molecule has 20 heavy (non-hydrogen) atoms. The number of rotatable bonds is 3. The molecular weight excluding hydrogens is 278 g/mol. The Labute approximate surface area is 121 Å². The van der Waals surface area contributed by atoms with Crippen LogP contribution in [0.5, 0.6) is 0 Å². The lowest BCUT2D eigenvalue weighted by Gasteiger charge is -2.23. The SMILES string of the molecule is NC(C1=NC(=O)C(c2cccc(Cl)c2)C(=O)N1)C1CC1. The highest BCUT2D eigenvalue weighted by atomic mass is 35.5. The third kappa shape index (κ3) is 2.46. The van der Waals surface area contributed by atoms with Crippen molar-refractivity contribution in [1.82, 2.24) is 5.32 Å². The lowest BCUT2D eigenvalue weighted by Crippen LogP contribution is -2.51. The average Bonchev–Trinajstić information content (AvgIpc) is 3.21. The summed E-state index contributed by atoms with van der Waals surface area (Å²) >= 11 is 5.89. The van der Waals surface area contributed by atoms with E-state index in [4.69, 9.17) is 17.3 Å². The molecule has 1 aliphatic carbocycles. The molecule has 1 heterocycles. The van der Waals surface area contributed by atoms with Crippen molar-refractivity contribution in [3.8, 4) is 0 Å². The number of amides is 2. The molecule has 2 unspecified atom stereocenters. The predicted molar refractivity (Wildman–Crippen MR) is 75.5 cm³/mol. The van der Waals surface area contributed by atoms with Crippen LogP contribution in [0.3, 0.4) is 0 Å². The zero-order valence-corrected chi connectivity index (χ0v) is 11.4. The Balaban J connectivity index is 1.88. The lowest BCUT2D eigenvalue weighted by atomic mass is 9.95. The Morgan fingerprint density at radius 3 is 2.70 bits per heavy atom. The topological polar surface area (TPSA) is 84.5 Å². The Morgan fingerprint density at radius 1 is 1.35 bits per heavy atom. The summed E-state index contributed by atoms with van der Waals surface area (Å²) in [4.78, 5) is 28.2. The highest BCUT2D eigenvalue weighted by molar-refractivity contribution is 6.30. The highest BCUT2D eigenvalue weighted by Crippen LogP contribution is 2.33. The minimum atomic E-state index is -0.941. The van der Waals surface area contributed by atoms with Crippen molar-refractivity contribution < 1.29 is 9.59 Å². The van der Waals surface area contributed by atoms with Crippen LogP contribution in [0.2, 0.25) is 5.02 Å². The fraction of sp³-hybridized carbons (Fsp3) is 0.357. The first-order valence-electron chi connectivity index (χ1n) is 6.50. The van der Waals surface area contributed by atoms with Crippen molar-refractivity contribution in [2.45, 2.75) is 24.8 Å². The Bertz CT molecular complexity index is 610. The molecular formula is C14H14ClN3O2. The maximum absolute atomic E-state index is 12.2. The first-order valence-corrected chi connectivity index (χ1v) is 6.88. The smallest absolute Gasteiger partial charge is 0.264 e. The van der Waals surface area contributed by atoms with Crippen molar-refractivity contribution in [2.24, 2.45) is 16.6 Å². The fourth-order valence-corrected chi connectivity index (χ4v) is 2.54. The van der Waals surface area contributed by atoms with Crippen LogP contribution in [0.4, 0.5) is 0 Å². The van der Waals surface area contributed by atoms with E-state index in [-0.39, 0.29) is 6.04 Å². The molecule has 0 saturated heterocycles. The number of hydrogen-bond donors (Lipinski definition) is 2. The molecule has 1 aliphatic heterocycles. The van der Waals surface area contributed by atoms with Gasteiger partial charge in [-0.3, -0.25) is 9.59 Å². The number of nitrogens with one attached hydrogen (secondary N) is 1. The van der Waals surface area contributed by atoms with E-state index in [2.05, 4.69) is 10.3 Å². The van der Waals surface area contributed by atoms with Gasteiger partial charge in [-0.1, -0.05) is 23.7 Å². The number of hydrogen-bond acceptors (Lipinski definition) is 3. The van der Waals surface area contributed by atoms with Gasteiger partial charge in [-0.15, -0.1) is 0 Å². The van der Waals surface area contributed by atoms with E-state index in [1.165, 1.54) is 0 Å². The van der Waals surface area contributed by atoms with Crippen molar-refractivity contribution in [2.75, 3.05) is 0 Å². The summed E-state index contributed by atoms with van der Waals surface area (Å²) in [5, 5.41) is 3.14. The minimum Gasteiger partial charge on any atom is -0.321 e. The molecule has 0 spiro atoms. The molecule has 2 amide bonds. The van der Waals surface area contributed by atoms with E-state index >= 15 is 0 Å². The van der Waals surface area contributed by atoms with Gasteiger partial charge in [0.25, 0.3) is 5.91 Å². The first kappa shape index (κ1) is 13.3. The van der Waals surface area contributed by atoms with Crippen LogP contribution >= 0.6 is 11.6 Å². The summed E-state index contributed by atoms with van der Waals surface area (Å²) in [5.41, 5.74) is 6.51. The molecule has 0 aromatic heterocycles. The molecule has 0 bridgehead atoms. The summed E-state index contributed by atoms with van der Waals surface area (Å²) in [6.07, 6.45) is 2.03. The molecule has 0 radical (unpaired) electrons. The molecule has 3 rings (SSSR count). The Hall–Kier alpha value is -1.72. The molecule has 1 aromatic rings. The number of nitrogens with zero attached hydrogens (tertiary/aromatic N) is 1. The quantitative estimate of drug-likeness (QED) is 0.821. The van der Waals surface area contributed by atoms with E-state index in [0.29, 0.717) is 22.3 Å². The monoisotopic (exact) mass is 291 g/mol. The number of benzene rings is 1. The molecule has 1 aromatic carbocycles. The molecule has 104 valence electrons. The normalized spacial score (nSPS) is 24.1. The predicted octanol–water partition coefficient (Wildman–Crippen LogP) is 1.22. The van der Waals surface area contributed by atoms with Gasteiger partial charge in [0.05, 0.1) is 6.04 Å². The van der Waals surface area contributed by atoms with Gasteiger partial charge in [0.1, 0.15) is 11.8 Å². The first-order chi connectivity index (χ1) is 9.56. The maximum atomic E-state index is 12.2. The third-order valence-corrected chi connectivity index (χ3v) is 3.85. The van der Waals surface area contributed by atoms with Crippen molar-refractivity contribution in [3.05, 3.63) is 34.9 Å². The van der Waals surface area contributed by atoms with Crippen molar-refractivity contribution in [1.29, 1.82) is 0 Å². The summed E-state index contributed by atoms with van der Waals surface area (Å²) in [5.74, 6) is -1.20. The largest absolute Gasteiger partial charge is 0.321 e. The molecule has 6 heteroatoms. The lowest BCUT2D eigenvalue weighted by molar-refractivity contribution is -0.129. The number of amidine groups is 1. The highest BCUT2D eigenvalue weighted by Gasteiger charge is 2.39. The zero-order valence-electron chi connectivity index (χ0n) is 10.7. The van der Waals surface area contributed by atoms with E-state index in [9.17, 15) is 9.59 Å². The molecule has 2 aliphatic rings. The summed E-state index contributed by atoms with van der Waals surface area (Å²) in [6, 6.07) is 6.32. The van der Waals surface area contributed by atoms with E-state index < -0.39 is 17.7 Å². The van der Waals surface area contributed by atoms with E-state index in [1.54, 1.807) is 24.3 Å². The van der Waals surface area contributed by atoms with Gasteiger partial charge in [-0.25, -0.2) is 0 Å². The van der Waals surface area contributed by atoms with Crippen LogP contribution in [0.25, 0.3) is 0 Å². The van der Waals surface area contributed by atoms with Crippen LogP contribution in [-0.2, 0) is 9.59 Å². The van der Waals surface area contributed by atoms with Gasteiger partial charge in [-0.05, 0) is 36.5 Å². The van der Waals surface area contributed by atoms with Gasteiger partial charge < -0.3 is 11.1 Å². The zero-order chi connectivity index (χ0) is 14.3. The summed E-state index contributed by atoms with van der Waals surface area (Å²) in [7, 11) is 0. The van der Waals surface area contributed by atoms with Crippen LogP contribution in [0, 0.1) is 5.92 Å². The van der Waals surface area contributed by atoms with Crippen molar-refractivity contribution in [3.63, 3.8) is 0 Å². The number of halogens is 1. The Morgan fingerprint density at radius 2 is 2.10 bits per heavy atom. The maximum Gasteiger partial charge on any atom is 0.264 e. The second-order valence-corrected chi connectivity index (χ2v) is 5.61. The van der Waals surface area contributed by atoms with E-state index in [0.717, 1.165) is 12.8 Å². The number of carbonyl (C=O) groups excluding carboxylic acids is 2. The molecule has 1 saturated carbocycles. The molecule has 2 atom stereocenters. The van der Waals surface area contributed by atoms with Gasteiger partial charge in [0, 0.05) is 5.02 Å². The summed E-state index contributed by atoms with van der Waals surface area (Å²) < 4.78 is 0. The number of nitrogens with two attached hydrogens (primary N) is 1. The van der Waals surface area contributed by atoms with Gasteiger partial charge >= 0.3 is 0 Å². The Kier molecular flexibility index (Phi) is 3.31. The van der Waals surface area contributed by atoms with Crippen LogP contribution in [0.15, 0.2) is 29.3 Å². The van der Waals surface area contributed by atoms with Crippen LogP contribution in [0.1, 0.15) is 24.3 Å². The summed E-state index contributed by atoms with van der Waals surface area (Å²) in [6.45, 7) is 0. The molecule has 1 fully saturated rings. The van der Waals surface area contributed by atoms with Crippen molar-refractivity contribution >= 4 is 29.3 Å². The number of aliphatic imine (C=N–C) groups is 1. The molecule has 3 N–H and O–H groups in total. The van der Waals surface area contributed by atoms with Gasteiger partial charge in [0.2, 0.25) is 5.91 Å². The molecule has 5 nitrogen and oxygen atoms in total. The van der Waals surface area contributed by atoms with Gasteiger partial charge in [0.15, 0.2) is 0 Å². The second kappa shape index (κ2) is 5.00. The van der Waals surface area contributed by atoms with E-state index in [1.807, 2.05) is 0 Å². The fourth-order valence-electron chi connectivity index (χ4n) is 2.34. The third-order valence-electron chi connectivity index (χ3n) is 3.62. The number of carbonyl (C=O) groups is 2. The van der Waals surface area contributed by atoms with Crippen LogP contribution in [-0.4, -0.2) is 23.7 Å². The average molecular weight is 292 g/mol. The standard InChI is InChI=1S/C14H14ClN3O2/c15-9-3-1-2-8(6-9)10-13(19)17-12(18-14(10)20)11(16)7-4-5-7/h1-3,6-7,10-11H,4-5,16H2,(H,17,18,19,20). The second-order valence-electron chi connectivity index (χ2n) is 5.18. The minimum absolute atomic E-state index is 0.292. The van der Waals surface area contributed by atoms with Crippen LogP contribution < -0.4 is 11.1 Å².